The minimum Gasteiger partial charge on any atom is -0.379 e. The van der Waals surface area contributed by atoms with Crippen LogP contribution < -0.4 is 0 Å². The molecule has 2 aromatic heterocycles. The summed E-state index contributed by atoms with van der Waals surface area (Å²) in [5.74, 6) is 0. The lowest BCUT2D eigenvalue weighted by molar-refractivity contribution is -0.0859. The molecule has 1 aliphatic heterocycles. The molecule has 2 atom stereocenters. The fourth-order valence-electron chi connectivity index (χ4n) is 3.68. The summed E-state index contributed by atoms with van der Waals surface area (Å²) in [7, 11) is 0. The first-order chi connectivity index (χ1) is 18.9. The van der Waals surface area contributed by atoms with Gasteiger partial charge in [0.25, 0.3) is 0 Å². The standard InChI is InChI=1S/C28H44O8S2/c1-2-8-32-20-28(22-34-10-4-26-6-18-38-24-26)36-16-14-30-12-11-29-13-15-35-27(19-31-7-1)21-33-9-3-25-5-17-37-23-25/h5-6,17-18,23-24,27-28H,1-4,7-16,19-22H2. The average molecular weight is 573 g/mol. The number of thiophene rings is 2. The van der Waals surface area contributed by atoms with Crippen molar-refractivity contribution in [3.8, 4) is 0 Å². The zero-order valence-electron chi connectivity index (χ0n) is 22.4. The first kappa shape index (κ1) is 31.6. The molecule has 1 aliphatic rings. The Kier molecular flexibility index (Phi) is 18.2. The summed E-state index contributed by atoms with van der Waals surface area (Å²) in [6.45, 7) is 7.72. The van der Waals surface area contributed by atoms with Crippen LogP contribution in [0.5, 0.6) is 0 Å². The van der Waals surface area contributed by atoms with Gasteiger partial charge < -0.3 is 37.9 Å². The summed E-state index contributed by atoms with van der Waals surface area (Å²) in [6.07, 6.45) is 3.44. The molecule has 0 aliphatic carbocycles. The second-order valence-corrected chi connectivity index (χ2v) is 10.5. The van der Waals surface area contributed by atoms with Crippen LogP contribution in [-0.2, 0) is 50.7 Å². The smallest absolute Gasteiger partial charge is 0.104 e. The molecule has 0 amide bonds. The van der Waals surface area contributed by atoms with Crippen LogP contribution in [0.15, 0.2) is 33.7 Å². The zero-order valence-corrected chi connectivity index (χ0v) is 24.1. The van der Waals surface area contributed by atoms with E-state index in [0.29, 0.717) is 92.5 Å². The van der Waals surface area contributed by atoms with Crippen LogP contribution >= 0.6 is 22.7 Å². The summed E-state index contributed by atoms with van der Waals surface area (Å²) in [5.41, 5.74) is 2.61. The van der Waals surface area contributed by atoms with Gasteiger partial charge in [-0.05, 0) is 70.5 Å². The lowest BCUT2D eigenvalue weighted by Crippen LogP contribution is -2.29. The number of hydrogen-bond donors (Lipinski definition) is 0. The molecule has 8 nitrogen and oxygen atoms in total. The molecular weight excluding hydrogens is 528 g/mol. The Morgan fingerprint density at radius 1 is 0.605 bits per heavy atom. The molecular formula is C28H44O8S2. The Morgan fingerprint density at radius 2 is 1.08 bits per heavy atom. The van der Waals surface area contributed by atoms with E-state index in [1.807, 2.05) is 0 Å². The van der Waals surface area contributed by atoms with Crippen LogP contribution in [0, 0.1) is 0 Å². The highest BCUT2D eigenvalue weighted by molar-refractivity contribution is 7.08. The van der Waals surface area contributed by atoms with Crippen LogP contribution in [-0.4, -0.2) is 105 Å². The summed E-state index contributed by atoms with van der Waals surface area (Å²) in [4.78, 5) is 0. The molecule has 1 saturated heterocycles. The van der Waals surface area contributed by atoms with E-state index in [9.17, 15) is 0 Å². The highest BCUT2D eigenvalue weighted by Gasteiger charge is 2.12. The third-order valence-corrected chi connectivity index (χ3v) is 7.27. The monoisotopic (exact) mass is 572 g/mol. The summed E-state index contributed by atoms with van der Waals surface area (Å²) in [6, 6.07) is 4.26. The number of ether oxygens (including phenoxy) is 8. The molecule has 216 valence electrons. The van der Waals surface area contributed by atoms with Gasteiger partial charge in [-0.1, -0.05) is 0 Å². The van der Waals surface area contributed by atoms with Crippen LogP contribution in [0.4, 0.5) is 0 Å². The van der Waals surface area contributed by atoms with Gasteiger partial charge in [0.15, 0.2) is 0 Å². The minimum absolute atomic E-state index is 0.114. The first-order valence-electron chi connectivity index (χ1n) is 13.6. The maximum absolute atomic E-state index is 5.96. The van der Waals surface area contributed by atoms with Gasteiger partial charge in [-0.15, -0.1) is 0 Å². The molecule has 2 aromatic rings. The van der Waals surface area contributed by atoms with E-state index in [1.165, 1.54) is 11.1 Å². The van der Waals surface area contributed by atoms with Gasteiger partial charge in [-0.25, -0.2) is 0 Å². The highest BCUT2D eigenvalue weighted by atomic mass is 32.1. The van der Waals surface area contributed by atoms with E-state index in [2.05, 4.69) is 33.7 Å². The topological polar surface area (TPSA) is 73.8 Å². The molecule has 0 saturated carbocycles. The Morgan fingerprint density at radius 3 is 1.53 bits per heavy atom. The first-order valence-corrected chi connectivity index (χ1v) is 15.5. The molecule has 0 N–H and O–H groups in total. The second-order valence-electron chi connectivity index (χ2n) is 8.98. The van der Waals surface area contributed by atoms with E-state index in [1.54, 1.807) is 22.7 Å². The molecule has 3 rings (SSSR count). The Bertz CT molecular complexity index is 695. The van der Waals surface area contributed by atoms with Crippen LogP contribution in [0.1, 0.15) is 24.0 Å². The molecule has 0 radical (unpaired) electrons. The molecule has 10 heteroatoms. The summed E-state index contributed by atoms with van der Waals surface area (Å²) < 4.78 is 46.7. The second kappa shape index (κ2) is 21.8. The highest BCUT2D eigenvalue weighted by Crippen LogP contribution is 2.08. The Hall–Kier alpha value is -0.920. The van der Waals surface area contributed by atoms with Crippen molar-refractivity contribution in [2.45, 2.75) is 37.9 Å². The van der Waals surface area contributed by atoms with E-state index < -0.39 is 0 Å². The average Bonchev–Trinajstić information content (AvgIpc) is 3.64. The van der Waals surface area contributed by atoms with Crippen molar-refractivity contribution in [1.29, 1.82) is 0 Å². The number of hydrogen-bond acceptors (Lipinski definition) is 10. The predicted octanol–water partition coefficient (Wildman–Crippen LogP) is 4.26. The van der Waals surface area contributed by atoms with Gasteiger partial charge in [0.2, 0.25) is 0 Å². The van der Waals surface area contributed by atoms with Gasteiger partial charge >= 0.3 is 0 Å². The maximum atomic E-state index is 5.96. The SMILES string of the molecule is c1cc(CCOCC2COCCCCOCC(COCCc3ccsc3)OCCOCCOCCO2)cs1. The van der Waals surface area contributed by atoms with Gasteiger partial charge in [0, 0.05) is 13.2 Å². The Labute approximate surface area is 235 Å². The van der Waals surface area contributed by atoms with Gasteiger partial charge in [-0.3, -0.25) is 0 Å². The Balaban J connectivity index is 1.32. The van der Waals surface area contributed by atoms with E-state index in [4.69, 9.17) is 37.9 Å². The molecule has 0 bridgehead atoms. The summed E-state index contributed by atoms with van der Waals surface area (Å²) in [5, 5.41) is 8.49. The third-order valence-electron chi connectivity index (χ3n) is 5.81. The van der Waals surface area contributed by atoms with Gasteiger partial charge in [0.05, 0.1) is 79.3 Å². The van der Waals surface area contributed by atoms with Crippen LogP contribution in [0.3, 0.4) is 0 Å². The van der Waals surface area contributed by atoms with Crippen LogP contribution in [0.25, 0.3) is 0 Å². The fourth-order valence-corrected chi connectivity index (χ4v) is 5.08. The lowest BCUT2D eigenvalue weighted by atomic mass is 10.2. The minimum atomic E-state index is -0.114. The van der Waals surface area contributed by atoms with Crippen molar-refractivity contribution in [3.05, 3.63) is 44.8 Å². The van der Waals surface area contributed by atoms with Crippen molar-refractivity contribution >= 4 is 22.7 Å². The van der Waals surface area contributed by atoms with E-state index >= 15 is 0 Å². The van der Waals surface area contributed by atoms with E-state index in [0.717, 1.165) is 25.7 Å². The van der Waals surface area contributed by atoms with Crippen LogP contribution in [0.2, 0.25) is 0 Å². The molecule has 0 aromatic carbocycles. The van der Waals surface area contributed by atoms with Gasteiger partial charge in [0.1, 0.15) is 12.2 Å². The summed E-state index contributed by atoms with van der Waals surface area (Å²) >= 11 is 3.42. The van der Waals surface area contributed by atoms with Crippen molar-refractivity contribution in [1.82, 2.24) is 0 Å². The molecule has 2 unspecified atom stereocenters. The van der Waals surface area contributed by atoms with Crippen molar-refractivity contribution in [2.75, 3.05) is 92.5 Å². The lowest BCUT2D eigenvalue weighted by Gasteiger charge is -2.20. The quantitative estimate of drug-likeness (QED) is 0.391. The predicted molar refractivity (Wildman–Crippen MR) is 150 cm³/mol. The van der Waals surface area contributed by atoms with E-state index in [-0.39, 0.29) is 12.2 Å². The largest absolute Gasteiger partial charge is 0.379 e. The number of rotatable bonds is 10. The third kappa shape index (κ3) is 15.6. The molecule has 3 heterocycles. The molecule has 0 spiro atoms. The normalized spacial score (nSPS) is 22.2. The van der Waals surface area contributed by atoms with Crippen molar-refractivity contribution in [2.24, 2.45) is 0 Å². The molecule has 1 fully saturated rings. The zero-order chi connectivity index (χ0) is 26.4. The van der Waals surface area contributed by atoms with Gasteiger partial charge in [-0.2, -0.15) is 22.7 Å². The fraction of sp³-hybridized carbons (Fsp3) is 0.714. The molecule has 38 heavy (non-hydrogen) atoms. The van der Waals surface area contributed by atoms with Crippen molar-refractivity contribution < 1.29 is 37.9 Å². The maximum Gasteiger partial charge on any atom is 0.104 e. The van der Waals surface area contributed by atoms with Crippen molar-refractivity contribution in [3.63, 3.8) is 0 Å².